The topological polar surface area (TPSA) is 18.5 Å². The summed E-state index contributed by atoms with van der Waals surface area (Å²) in [5, 5.41) is 0. The molecule has 4 heteroatoms. The first kappa shape index (κ1) is 17.7. The van der Waals surface area contributed by atoms with Crippen molar-refractivity contribution >= 4 is 22.2 Å². The van der Waals surface area contributed by atoms with Crippen LogP contribution >= 0.6 is 11.8 Å². The average Bonchev–Trinajstić information content (AvgIpc) is 3.09. The van der Waals surface area contributed by atoms with Gasteiger partial charge in [-0.2, -0.15) is 0 Å². The zero-order chi connectivity index (χ0) is 17.3. The Kier molecular flexibility index (Phi) is 4.93. The van der Waals surface area contributed by atoms with E-state index in [9.17, 15) is 0 Å². The van der Waals surface area contributed by atoms with Gasteiger partial charge in [0.1, 0.15) is 16.1 Å². The predicted molar refractivity (Wildman–Crippen MR) is 105 cm³/mol. The van der Waals surface area contributed by atoms with Crippen molar-refractivity contribution in [3.05, 3.63) is 71.8 Å². The van der Waals surface area contributed by atoms with E-state index in [4.69, 9.17) is 9.16 Å². The zero-order valence-electron chi connectivity index (χ0n) is 14.9. The van der Waals surface area contributed by atoms with Gasteiger partial charge in [-0.3, -0.25) is 0 Å². The Bertz CT molecular complexity index is 622. The van der Waals surface area contributed by atoms with Crippen LogP contribution in [-0.4, -0.2) is 27.8 Å². The van der Waals surface area contributed by atoms with Gasteiger partial charge in [0.15, 0.2) is 4.93 Å². The molecule has 1 saturated heterocycles. The van der Waals surface area contributed by atoms with Gasteiger partial charge in [-0.1, -0.05) is 81.4 Å². The molecular formula is C20H26O2SSi. The maximum atomic E-state index is 6.53. The molecule has 2 aromatic carbocycles. The van der Waals surface area contributed by atoms with Crippen LogP contribution in [0.25, 0.3) is 0 Å². The van der Waals surface area contributed by atoms with Crippen molar-refractivity contribution in [2.45, 2.75) is 31.3 Å². The quantitative estimate of drug-likeness (QED) is 0.776. The summed E-state index contributed by atoms with van der Waals surface area (Å²) in [5.74, 6) is 0.990. The maximum Gasteiger partial charge on any atom is 0.154 e. The number of rotatable bonds is 4. The number of benzene rings is 2. The first-order valence-electron chi connectivity index (χ1n) is 8.42. The van der Waals surface area contributed by atoms with Crippen LogP contribution < -0.4 is 0 Å². The van der Waals surface area contributed by atoms with Gasteiger partial charge >= 0.3 is 0 Å². The van der Waals surface area contributed by atoms with E-state index in [1.54, 1.807) is 0 Å². The van der Waals surface area contributed by atoms with Crippen LogP contribution in [0, 0.1) is 5.41 Å². The van der Waals surface area contributed by atoms with Crippen molar-refractivity contribution in [2.75, 3.05) is 12.4 Å². The maximum absolute atomic E-state index is 6.53. The number of hydrogen-bond donors (Lipinski definition) is 0. The summed E-state index contributed by atoms with van der Waals surface area (Å²) in [7, 11) is 0.624. The molecule has 0 saturated carbocycles. The van der Waals surface area contributed by atoms with E-state index in [1.807, 2.05) is 11.8 Å². The Morgan fingerprint density at radius 1 is 0.958 bits per heavy atom. The van der Waals surface area contributed by atoms with Gasteiger partial charge in [0, 0.05) is 11.2 Å². The van der Waals surface area contributed by atoms with Gasteiger partial charge in [0.05, 0.1) is 6.61 Å². The van der Waals surface area contributed by atoms with Crippen molar-refractivity contribution in [1.29, 1.82) is 0 Å². The average molecular weight is 359 g/mol. The lowest BCUT2D eigenvalue weighted by Gasteiger charge is -2.53. The highest BCUT2D eigenvalue weighted by molar-refractivity contribution is 8.00. The van der Waals surface area contributed by atoms with E-state index in [1.165, 1.54) is 0 Å². The Morgan fingerprint density at radius 3 is 1.79 bits per heavy atom. The standard InChI is InChI=1S/C20H26O2SSi/c1-18(2,3)20(21-14-15-23-20)19(22-24,16-10-6-4-7-11-16)17-12-8-5-9-13-17/h4-13H,14-15H2,1-3,24H3/t20-/m1/s1. The molecule has 0 amide bonds. The van der Waals surface area contributed by atoms with E-state index in [0.717, 1.165) is 23.5 Å². The third-order valence-corrected chi connectivity index (χ3v) is 7.22. The van der Waals surface area contributed by atoms with Gasteiger partial charge in [-0.05, 0) is 11.1 Å². The molecule has 1 fully saturated rings. The van der Waals surface area contributed by atoms with Crippen LogP contribution in [0.2, 0.25) is 0 Å². The highest BCUT2D eigenvalue weighted by Gasteiger charge is 2.63. The van der Waals surface area contributed by atoms with E-state index < -0.39 is 10.5 Å². The van der Waals surface area contributed by atoms with E-state index in [-0.39, 0.29) is 5.41 Å². The number of ether oxygens (including phenoxy) is 1. The highest BCUT2D eigenvalue weighted by Crippen LogP contribution is 2.60. The predicted octanol–water partition coefficient (Wildman–Crippen LogP) is 3.73. The van der Waals surface area contributed by atoms with E-state index in [2.05, 4.69) is 81.4 Å². The Balaban J connectivity index is 2.34. The molecule has 1 aliphatic heterocycles. The second kappa shape index (κ2) is 6.68. The Hall–Kier alpha value is -1.07. The van der Waals surface area contributed by atoms with Crippen molar-refractivity contribution < 1.29 is 9.16 Å². The number of hydrogen-bond acceptors (Lipinski definition) is 3. The molecule has 128 valence electrons. The summed E-state index contributed by atoms with van der Waals surface area (Å²) in [5.41, 5.74) is 1.62. The summed E-state index contributed by atoms with van der Waals surface area (Å²) in [6, 6.07) is 21.1. The minimum atomic E-state index is -0.610. The fourth-order valence-electron chi connectivity index (χ4n) is 3.84. The first-order valence-corrected chi connectivity index (χ1v) is 10.2. The minimum Gasteiger partial charge on any atom is -0.412 e. The molecule has 0 unspecified atom stereocenters. The smallest absolute Gasteiger partial charge is 0.154 e. The second-order valence-electron chi connectivity index (χ2n) is 7.18. The van der Waals surface area contributed by atoms with Gasteiger partial charge in [0.2, 0.25) is 0 Å². The van der Waals surface area contributed by atoms with E-state index in [0.29, 0.717) is 10.5 Å². The summed E-state index contributed by atoms with van der Waals surface area (Å²) < 4.78 is 13.0. The molecule has 2 aromatic rings. The molecule has 0 bridgehead atoms. The van der Waals surface area contributed by atoms with Crippen LogP contribution in [0.5, 0.6) is 0 Å². The molecule has 0 aliphatic carbocycles. The van der Waals surface area contributed by atoms with E-state index >= 15 is 0 Å². The summed E-state index contributed by atoms with van der Waals surface area (Å²) in [4.78, 5) is -0.468. The second-order valence-corrected chi connectivity index (χ2v) is 8.86. The van der Waals surface area contributed by atoms with Crippen molar-refractivity contribution in [3.63, 3.8) is 0 Å². The van der Waals surface area contributed by atoms with Crippen molar-refractivity contribution in [1.82, 2.24) is 0 Å². The van der Waals surface area contributed by atoms with Crippen molar-refractivity contribution in [2.24, 2.45) is 5.41 Å². The lowest BCUT2D eigenvalue weighted by Crippen LogP contribution is -2.59. The lowest BCUT2D eigenvalue weighted by atomic mass is 9.70. The van der Waals surface area contributed by atoms with Crippen LogP contribution in [0.15, 0.2) is 60.7 Å². The number of thioether (sulfide) groups is 1. The van der Waals surface area contributed by atoms with Gasteiger partial charge in [0.25, 0.3) is 0 Å². The highest BCUT2D eigenvalue weighted by atomic mass is 32.2. The third-order valence-electron chi connectivity index (χ3n) is 4.81. The Morgan fingerprint density at radius 2 is 1.46 bits per heavy atom. The molecule has 24 heavy (non-hydrogen) atoms. The largest absolute Gasteiger partial charge is 0.412 e. The molecule has 1 heterocycles. The SMILES string of the molecule is CC(C)(C)[C@@]1(C(O[SiH3])(c2ccccc2)c2ccccc2)OCCS1. The zero-order valence-corrected chi connectivity index (χ0v) is 17.7. The molecule has 0 N–H and O–H groups in total. The van der Waals surface area contributed by atoms with Crippen LogP contribution in [0.4, 0.5) is 0 Å². The summed E-state index contributed by atoms with van der Waals surface area (Å²) in [6.07, 6.45) is 0. The fourth-order valence-corrected chi connectivity index (χ4v) is 6.32. The molecule has 0 aromatic heterocycles. The molecular weight excluding hydrogens is 332 g/mol. The van der Waals surface area contributed by atoms with Crippen LogP contribution in [0.1, 0.15) is 31.9 Å². The summed E-state index contributed by atoms with van der Waals surface area (Å²) in [6.45, 7) is 7.53. The van der Waals surface area contributed by atoms with Gasteiger partial charge in [-0.25, -0.2) is 0 Å². The van der Waals surface area contributed by atoms with Gasteiger partial charge in [-0.15, -0.1) is 11.8 Å². The monoisotopic (exact) mass is 358 g/mol. The molecule has 0 radical (unpaired) electrons. The molecule has 2 nitrogen and oxygen atoms in total. The normalized spacial score (nSPS) is 22.0. The fraction of sp³-hybridized carbons (Fsp3) is 0.400. The molecule has 3 rings (SSSR count). The summed E-state index contributed by atoms with van der Waals surface area (Å²) >= 11 is 1.89. The first-order chi connectivity index (χ1) is 11.5. The molecule has 1 aliphatic rings. The minimum absolute atomic E-state index is 0.0930. The molecule has 0 spiro atoms. The third kappa shape index (κ3) is 2.56. The van der Waals surface area contributed by atoms with Crippen LogP contribution in [-0.2, 0) is 14.8 Å². The Labute approximate surface area is 152 Å². The lowest BCUT2D eigenvalue weighted by molar-refractivity contribution is -0.137. The van der Waals surface area contributed by atoms with Gasteiger partial charge < -0.3 is 9.16 Å². The van der Waals surface area contributed by atoms with Crippen molar-refractivity contribution in [3.8, 4) is 0 Å². The molecule has 1 atom stereocenters. The van der Waals surface area contributed by atoms with Crippen LogP contribution in [0.3, 0.4) is 0 Å².